The van der Waals surface area contributed by atoms with Crippen LogP contribution in [0.4, 0.5) is 11.4 Å². The first-order valence-corrected chi connectivity index (χ1v) is 5.95. The Kier molecular flexibility index (Phi) is 4.07. The minimum absolute atomic E-state index is 0.115. The van der Waals surface area contributed by atoms with E-state index in [0.717, 1.165) is 5.56 Å². The van der Waals surface area contributed by atoms with Crippen molar-refractivity contribution in [2.45, 2.75) is 6.54 Å². The Morgan fingerprint density at radius 2 is 1.90 bits per heavy atom. The summed E-state index contributed by atoms with van der Waals surface area (Å²) in [5, 5.41) is 13.3. The zero-order valence-corrected chi connectivity index (χ0v) is 10.6. The number of non-ortho nitro benzene ring substituents is 1. The SMILES string of the molecule is NCc1ccc(NC(=O)c2cccc([N+](=O)[O-])c2)cc1. The number of benzene rings is 2. The number of carbonyl (C=O) groups excluding carboxylic acids is 1. The molecule has 0 aliphatic rings. The monoisotopic (exact) mass is 271 g/mol. The molecule has 0 aliphatic heterocycles. The van der Waals surface area contributed by atoms with E-state index < -0.39 is 10.8 Å². The molecule has 0 aromatic heterocycles. The van der Waals surface area contributed by atoms with E-state index in [0.29, 0.717) is 12.2 Å². The van der Waals surface area contributed by atoms with Gasteiger partial charge >= 0.3 is 0 Å². The Bertz CT molecular complexity index is 638. The van der Waals surface area contributed by atoms with E-state index in [1.54, 1.807) is 12.1 Å². The lowest BCUT2D eigenvalue weighted by Gasteiger charge is -2.06. The highest BCUT2D eigenvalue weighted by molar-refractivity contribution is 6.04. The number of nitrogens with zero attached hydrogens (tertiary/aromatic N) is 1. The molecule has 0 fully saturated rings. The van der Waals surface area contributed by atoms with Crippen molar-refractivity contribution in [2.24, 2.45) is 5.73 Å². The smallest absolute Gasteiger partial charge is 0.270 e. The van der Waals surface area contributed by atoms with Crippen molar-refractivity contribution in [3.63, 3.8) is 0 Å². The summed E-state index contributed by atoms with van der Waals surface area (Å²) in [4.78, 5) is 22.1. The molecular weight excluding hydrogens is 258 g/mol. The van der Waals surface area contributed by atoms with Crippen LogP contribution in [0.5, 0.6) is 0 Å². The normalized spacial score (nSPS) is 10.1. The molecular formula is C14H13N3O3. The number of nitro groups is 1. The molecule has 0 saturated carbocycles. The number of nitrogens with one attached hydrogen (secondary N) is 1. The number of nitrogens with two attached hydrogens (primary N) is 1. The summed E-state index contributed by atoms with van der Waals surface area (Å²) in [6.07, 6.45) is 0. The Labute approximate surface area is 115 Å². The molecule has 6 nitrogen and oxygen atoms in total. The quantitative estimate of drug-likeness (QED) is 0.658. The second-order valence-corrected chi connectivity index (χ2v) is 4.16. The van der Waals surface area contributed by atoms with E-state index in [-0.39, 0.29) is 11.3 Å². The molecule has 0 spiro atoms. The molecule has 20 heavy (non-hydrogen) atoms. The number of rotatable bonds is 4. The van der Waals surface area contributed by atoms with Gasteiger partial charge in [-0.1, -0.05) is 18.2 Å². The number of carbonyl (C=O) groups is 1. The molecule has 2 aromatic rings. The van der Waals surface area contributed by atoms with Crippen LogP contribution in [0.3, 0.4) is 0 Å². The standard InChI is InChI=1S/C14H13N3O3/c15-9-10-4-6-12(7-5-10)16-14(18)11-2-1-3-13(8-11)17(19)20/h1-8H,9,15H2,(H,16,18). The van der Waals surface area contributed by atoms with Gasteiger partial charge < -0.3 is 11.1 Å². The molecule has 0 unspecified atom stereocenters. The topological polar surface area (TPSA) is 98.3 Å². The number of amides is 1. The highest BCUT2D eigenvalue weighted by Crippen LogP contribution is 2.15. The van der Waals surface area contributed by atoms with E-state index in [4.69, 9.17) is 5.73 Å². The third-order valence-electron chi connectivity index (χ3n) is 2.77. The summed E-state index contributed by atoms with van der Waals surface area (Å²) >= 11 is 0. The van der Waals surface area contributed by atoms with Crippen LogP contribution >= 0.6 is 0 Å². The van der Waals surface area contributed by atoms with Gasteiger partial charge in [0, 0.05) is 29.9 Å². The highest BCUT2D eigenvalue weighted by Gasteiger charge is 2.11. The maximum Gasteiger partial charge on any atom is 0.270 e. The van der Waals surface area contributed by atoms with Crippen molar-refractivity contribution < 1.29 is 9.72 Å². The van der Waals surface area contributed by atoms with E-state index in [1.807, 2.05) is 12.1 Å². The molecule has 1 amide bonds. The molecule has 0 radical (unpaired) electrons. The second-order valence-electron chi connectivity index (χ2n) is 4.16. The maximum atomic E-state index is 12.0. The van der Waals surface area contributed by atoms with Crippen LogP contribution in [-0.4, -0.2) is 10.8 Å². The Morgan fingerprint density at radius 3 is 2.50 bits per heavy atom. The molecule has 0 bridgehead atoms. The summed E-state index contributed by atoms with van der Waals surface area (Å²) < 4.78 is 0. The first kappa shape index (κ1) is 13.7. The lowest BCUT2D eigenvalue weighted by Crippen LogP contribution is -2.12. The predicted octanol–water partition coefficient (Wildman–Crippen LogP) is 2.31. The fraction of sp³-hybridized carbons (Fsp3) is 0.0714. The number of nitro benzene ring substituents is 1. The molecule has 0 aliphatic carbocycles. The van der Waals surface area contributed by atoms with Crippen LogP contribution in [0, 0.1) is 10.1 Å². The second kappa shape index (κ2) is 5.94. The van der Waals surface area contributed by atoms with Gasteiger partial charge in [-0.3, -0.25) is 14.9 Å². The average molecular weight is 271 g/mol. The lowest BCUT2D eigenvalue weighted by molar-refractivity contribution is -0.384. The van der Waals surface area contributed by atoms with Crippen LogP contribution in [0.1, 0.15) is 15.9 Å². The highest BCUT2D eigenvalue weighted by atomic mass is 16.6. The van der Waals surface area contributed by atoms with Gasteiger partial charge in [0.15, 0.2) is 0 Å². The van der Waals surface area contributed by atoms with Gasteiger partial charge in [-0.05, 0) is 23.8 Å². The van der Waals surface area contributed by atoms with Gasteiger partial charge in [0.2, 0.25) is 0 Å². The van der Waals surface area contributed by atoms with Crippen molar-refractivity contribution in [1.29, 1.82) is 0 Å². The minimum Gasteiger partial charge on any atom is -0.326 e. The molecule has 3 N–H and O–H groups in total. The number of hydrogen-bond acceptors (Lipinski definition) is 4. The fourth-order valence-corrected chi connectivity index (χ4v) is 1.69. The Morgan fingerprint density at radius 1 is 1.20 bits per heavy atom. The number of anilines is 1. The first-order valence-electron chi connectivity index (χ1n) is 5.95. The van der Waals surface area contributed by atoms with Crippen LogP contribution < -0.4 is 11.1 Å². The van der Waals surface area contributed by atoms with Crippen LogP contribution in [0.2, 0.25) is 0 Å². The largest absolute Gasteiger partial charge is 0.326 e. The number of hydrogen-bond donors (Lipinski definition) is 2. The lowest BCUT2D eigenvalue weighted by atomic mass is 10.1. The van der Waals surface area contributed by atoms with Gasteiger partial charge in [-0.2, -0.15) is 0 Å². The molecule has 2 rings (SSSR count). The van der Waals surface area contributed by atoms with Gasteiger partial charge in [0.05, 0.1) is 4.92 Å². The van der Waals surface area contributed by atoms with Crippen molar-refractivity contribution in [3.8, 4) is 0 Å². The summed E-state index contributed by atoms with van der Waals surface area (Å²) in [5.74, 6) is -0.394. The van der Waals surface area contributed by atoms with Crippen molar-refractivity contribution in [2.75, 3.05) is 5.32 Å². The summed E-state index contributed by atoms with van der Waals surface area (Å²) in [5.41, 5.74) is 7.18. The molecule has 0 atom stereocenters. The van der Waals surface area contributed by atoms with Crippen LogP contribution in [0.15, 0.2) is 48.5 Å². The Hall–Kier alpha value is -2.73. The summed E-state index contributed by atoms with van der Waals surface area (Å²) in [6.45, 7) is 0.430. The Balaban J connectivity index is 2.14. The maximum absolute atomic E-state index is 12.0. The zero-order chi connectivity index (χ0) is 14.5. The molecule has 102 valence electrons. The molecule has 2 aromatic carbocycles. The van der Waals surface area contributed by atoms with Gasteiger partial charge in [0.1, 0.15) is 0 Å². The van der Waals surface area contributed by atoms with E-state index >= 15 is 0 Å². The first-order chi connectivity index (χ1) is 9.60. The van der Waals surface area contributed by atoms with Crippen LogP contribution in [-0.2, 0) is 6.54 Å². The summed E-state index contributed by atoms with van der Waals surface area (Å²) in [6, 6.07) is 12.7. The molecule has 0 heterocycles. The third-order valence-corrected chi connectivity index (χ3v) is 2.77. The molecule has 6 heteroatoms. The van der Waals surface area contributed by atoms with Crippen molar-refractivity contribution in [3.05, 3.63) is 69.8 Å². The molecule has 0 saturated heterocycles. The van der Waals surface area contributed by atoms with Gasteiger partial charge in [0.25, 0.3) is 11.6 Å². The fourth-order valence-electron chi connectivity index (χ4n) is 1.69. The van der Waals surface area contributed by atoms with E-state index in [1.165, 1.54) is 24.3 Å². The minimum atomic E-state index is -0.535. The predicted molar refractivity (Wildman–Crippen MR) is 75.4 cm³/mol. The van der Waals surface area contributed by atoms with Crippen molar-refractivity contribution >= 4 is 17.3 Å². The van der Waals surface area contributed by atoms with Crippen LogP contribution in [0.25, 0.3) is 0 Å². The zero-order valence-electron chi connectivity index (χ0n) is 10.6. The van der Waals surface area contributed by atoms with E-state index in [2.05, 4.69) is 5.32 Å². The van der Waals surface area contributed by atoms with E-state index in [9.17, 15) is 14.9 Å². The van der Waals surface area contributed by atoms with Gasteiger partial charge in [-0.15, -0.1) is 0 Å². The van der Waals surface area contributed by atoms with Crippen molar-refractivity contribution in [1.82, 2.24) is 0 Å². The van der Waals surface area contributed by atoms with Gasteiger partial charge in [-0.25, -0.2) is 0 Å². The summed E-state index contributed by atoms with van der Waals surface area (Å²) in [7, 11) is 0. The average Bonchev–Trinajstić information content (AvgIpc) is 2.48. The third kappa shape index (κ3) is 3.18.